The van der Waals surface area contributed by atoms with Gasteiger partial charge in [0.25, 0.3) is 0 Å². The molecule has 0 radical (unpaired) electrons. The summed E-state index contributed by atoms with van der Waals surface area (Å²) >= 11 is 0. The molecule has 2 bridgehead atoms. The highest BCUT2D eigenvalue weighted by Crippen LogP contribution is 2.33. The van der Waals surface area contributed by atoms with Crippen LogP contribution in [0, 0.1) is 0 Å². The molecule has 0 amide bonds. The number of rotatable bonds is 18. The highest BCUT2D eigenvalue weighted by atomic mass is 16.6. The standard InChI is InChI=1S/C23H39N3O6/c1-2-27-7-8-28-9-10-29-11-12-30-13-14-31-15-16-32-23-17-20(5-6-25-23)26-21-3-4-22(26)19-24-18-21/h5-6,17,21-22,24H,2-4,7-16,18-19H2,1H3. The normalized spacial score (nSPS) is 20.1. The van der Waals surface area contributed by atoms with Crippen molar-refractivity contribution in [3.05, 3.63) is 18.3 Å². The van der Waals surface area contributed by atoms with E-state index in [1.54, 1.807) is 0 Å². The molecule has 2 fully saturated rings. The average Bonchev–Trinajstić information content (AvgIpc) is 3.07. The average molecular weight is 454 g/mol. The van der Waals surface area contributed by atoms with Gasteiger partial charge in [-0.2, -0.15) is 0 Å². The molecule has 9 heteroatoms. The van der Waals surface area contributed by atoms with E-state index in [0.717, 1.165) is 19.7 Å². The zero-order chi connectivity index (χ0) is 22.3. The molecule has 32 heavy (non-hydrogen) atoms. The Hall–Kier alpha value is -1.49. The number of nitrogens with one attached hydrogen (secondary N) is 1. The second-order valence-corrected chi connectivity index (χ2v) is 7.80. The van der Waals surface area contributed by atoms with E-state index in [1.165, 1.54) is 18.5 Å². The second kappa shape index (κ2) is 15.4. The minimum Gasteiger partial charge on any atom is -0.475 e. The van der Waals surface area contributed by atoms with Crippen LogP contribution in [0.4, 0.5) is 5.69 Å². The van der Waals surface area contributed by atoms with Crippen molar-refractivity contribution in [3.8, 4) is 5.88 Å². The van der Waals surface area contributed by atoms with Gasteiger partial charge in [-0.15, -0.1) is 0 Å². The van der Waals surface area contributed by atoms with Gasteiger partial charge in [-0.1, -0.05) is 0 Å². The molecule has 2 saturated heterocycles. The van der Waals surface area contributed by atoms with Gasteiger partial charge in [-0.05, 0) is 25.8 Å². The number of nitrogens with zero attached hydrogens (tertiary/aromatic N) is 2. The Balaban J connectivity index is 1.14. The summed E-state index contributed by atoms with van der Waals surface area (Å²) in [5.74, 6) is 0.652. The molecule has 3 heterocycles. The number of hydrogen-bond donors (Lipinski definition) is 1. The maximum absolute atomic E-state index is 5.78. The Morgan fingerprint density at radius 3 is 1.91 bits per heavy atom. The quantitative estimate of drug-likeness (QED) is 0.333. The highest BCUT2D eigenvalue weighted by Gasteiger charge is 2.36. The molecule has 3 rings (SSSR count). The molecule has 2 aliphatic heterocycles. The van der Waals surface area contributed by atoms with Crippen LogP contribution in [0.2, 0.25) is 0 Å². The maximum atomic E-state index is 5.78. The summed E-state index contributed by atoms with van der Waals surface area (Å²) in [4.78, 5) is 6.86. The van der Waals surface area contributed by atoms with Gasteiger partial charge in [0.15, 0.2) is 0 Å². The third-order valence-corrected chi connectivity index (χ3v) is 5.57. The van der Waals surface area contributed by atoms with Crippen LogP contribution in [0.15, 0.2) is 18.3 Å². The molecule has 9 nitrogen and oxygen atoms in total. The fraction of sp³-hybridized carbons (Fsp3) is 0.783. The zero-order valence-electron chi connectivity index (χ0n) is 19.3. The van der Waals surface area contributed by atoms with Crippen LogP contribution >= 0.6 is 0 Å². The highest BCUT2D eigenvalue weighted by molar-refractivity contribution is 5.52. The van der Waals surface area contributed by atoms with Crippen molar-refractivity contribution in [1.82, 2.24) is 10.3 Å². The molecule has 2 unspecified atom stereocenters. The summed E-state index contributed by atoms with van der Waals surface area (Å²) in [6.07, 6.45) is 4.33. The van der Waals surface area contributed by atoms with Crippen molar-refractivity contribution in [3.63, 3.8) is 0 Å². The van der Waals surface area contributed by atoms with Gasteiger partial charge in [0.1, 0.15) is 6.61 Å². The number of anilines is 1. The molecule has 0 saturated carbocycles. The van der Waals surface area contributed by atoms with Crippen LogP contribution in [0.1, 0.15) is 19.8 Å². The van der Waals surface area contributed by atoms with Crippen molar-refractivity contribution >= 4 is 5.69 Å². The van der Waals surface area contributed by atoms with E-state index >= 15 is 0 Å². The van der Waals surface area contributed by atoms with Gasteiger partial charge in [0, 0.05) is 49.7 Å². The van der Waals surface area contributed by atoms with E-state index in [2.05, 4.69) is 21.3 Å². The van der Waals surface area contributed by atoms with Gasteiger partial charge in [0.05, 0.1) is 59.5 Å². The minimum absolute atomic E-state index is 0.470. The van der Waals surface area contributed by atoms with Gasteiger partial charge in [0.2, 0.25) is 5.88 Å². The first-order chi connectivity index (χ1) is 15.9. The van der Waals surface area contributed by atoms with Gasteiger partial charge < -0.3 is 38.6 Å². The number of piperazine rings is 1. The molecule has 2 aliphatic rings. The molecule has 2 atom stereocenters. The Labute approximate surface area is 191 Å². The summed E-state index contributed by atoms with van der Waals surface area (Å²) in [6, 6.07) is 5.29. The molecule has 0 aromatic carbocycles. The van der Waals surface area contributed by atoms with E-state index in [9.17, 15) is 0 Å². The first-order valence-electron chi connectivity index (χ1n) is 11.8. The summed E-state index contributed by atoms with van der Waals surface area (Å²) in [5, 5.41) is 3.52. The SMILES string of the molecule is CCOCCOCCOCCOCCOCCOc1cc(N2C3CCC2CNC3)ccn1. The maximum Gasteiger partial charge on any atom is 0.215 e. The Kier molecular flexibility index (Phi) is 12.1. The monoisotopic (exact) mass is 453 g/mol. The van der Waals surface area contributed by atoms with Crippen molar-refractivity contribution < 1.29 is 28.4 Å². The molecule has 182 valence electrons. The third kappa shape index (κ3) is 8.80. The Morgan fingerprint density at radius 1 is 0.812 bits per heavy atom. The van der Waals surface area contributed by atoms with Crippen LogP contribution < -0.4 is 15.0 Å². The summed E-state index contributed by atoms with van der Waals surface area (Å²) in [5.41, 5.74) is 1.21. The third-order valence-electron chi connectivity index (χ3n) is 5.57. The lowest BCUT2D eigenvalue weighted by Gasteiger charge is -2.37. The fourth-order valence-electron chi connectivity index (χ4n) is 4.07. The number of ether oxygens (including phenoxy) is 6. The van der Waals surface area contributed by atoms with Crippen LogP contribution in [-0.2, 0) is 23.7 Å². The van der Waals surface area contributed by atoms with Gasteiger partial charge in [-0.25, -0.2) is 4.98 Å². The first kappa shape index (κ1) is 25.1. The summed E-state index contributed by atoms with van der Waals surface area (Å²) < 4.78 is 32.8. The van der Waals surface area contributed by atoms with E-state index in [-0.39, 0.29) is 0 Å². The van der Waals surface area contributed by atoms with Gasteiger partial charge >= 0.3 is 0 Å². The van der Waals surface area contributed by atoms with E-state index in [0.29, 0.717) is 84.0 Å². The molecule has 0 spiro atoms. The predicted octanol–water partition coefficient (Wildman–Crippen LogP) is 1.50. The number of aromatic nitrogens is 1. The van der Waals surface area contributed by atoms with E-state index in [4.69, 9.17) is 28.4 Å². The molecular weight excluding hydrogens is 414 g/mol. The second-order valence-electron chi connectivity index (χ2n) is 7.80. The summed E-state index contributed by atoms with van der Waals surface area (Å²) in [6.45, 7) is 10.3. The topological polar surface area (TPSA) is 83.5 Å². The van der Waals surface area contributed by atoms with E-state index < -0.39 is 0 Å². The largest absolute Gasteiger partial charge is 0.475 e. The fourth-order valence-corrected chi connectivity index (χ4v) is 4.07. The van der Waals surface area contributed by atoms with Crippen LogP contribution in [0.25, 0.3) is 0 Å². The van der Waals surface area contributed by atoms with Crippen molar-refractivity contribution in [1.29, 1.82) is 0 Å². The lowest BCUT2D eigenvalue weighted by Crippen LogP contribution is -2.52. The van der Waals surface area contributed by atoms with Crippen molar-refractivity contribution in [2.24, 2.45) is 0 Å². The lowest BCUT2D eigenvalue weighted by molar-refractivity contribution is -0.0120. The zero-order valence-corrected chi connectivity index (χ0v) is 19.3. The van der Waals surface area contributed by atoms with Crippen LogP contribution in [-0.4, -0.2) is 103 Å². The number of pyridine rings is 1. The van der Waals surface area contributed by atoms with Crippen LogP contribution in [0.3, 0.4) is 0 Å². The predicted molar refractivity (Wildman–Crippen MR) is 122 cm³/mol. The number of hydrogen-bond acceptors (Lipinski definition) is 9. The molecule has 1 N–H and O–H groups in total. The first-order valence-corrected chi connectivity index (χ1v) is 11.8. The molecule has 0 aliphatic carbocycles. The number of fused-ring (bicyclic) bond motifs is 2. The lowest BCUT2D eigenvalue weighted by atomic mass is 10.2. The molecule has 1 aromatic rings. The van der Waals surface area contributed by atoms with Crippen LogP contribution in [0.5, 0.6) is 5.88 Å². The van der Waals surface area contributed by atoms with Crippen molar-refractivity contribution in [2.75, 3.05) is 90.7 Å². The van der Waals surface area contributed by atoms with Gasteiger partial charge in [-0.3, -0.25) is 0 Å². The Bertz CT molecular complexity index is 607. The smallest absolute Gasteiger partial charge is 0.215 e. The molecule has 1 aromatic heterocycles. The Morgan fingerprint density at radius 2 is 1.34 bits per heavy atom. The minimum atomic E-state index is 0.470. The van der Waals surface area contributed by atoms with E-state index in [1.807, 2.05) is 19.2 Å². The molecular formula is C23H39N3O6. The summed E-state index contributed by atoms with van der Waals surface area (Å²) in [7, 11) is 0. The van der Waals surface area contributed by atoms with Crippen molar-refractivity contribution in [2.45, 2.75) is 31.8 Å².